The average Bonchev–Trinajstić information content (AvgIpc) is 3.33. The van der Waals surface area contributed by atoms with Crippen LogP contribution in [-0.4, -0.2) is 48.8 Å². The van der Waals surface area contributed by atoms with Gasteiger partial charge in [-0.2, -0.15) is 0 Å². The molecule has 32 heavy (non-hydrogen) atoms. The van der Waals surface area contributed by atoms with Gasteiger partial charge in [0.2, 0.25) is 5.91 Å². The molecule has 3 aromatic rings. The number of Topliss-reactive ketones (excluding diaryl/α,β-unsaturated/α-hetero) is 1. The average molecular weight is 429 g/mol. The summed E-state index contributed by atoms with van der Waals surface area (Å²) in [4.78, 5) is 28.9. The van der Waals surface area contributed by atoms with Gasteiger partial charge in [0.15, 0.2) is 5.78 Å². The number of benzene rings is 3. The molecule has 2 aliphatic rings. The fourth-order valence-corrected chi connectivity index (χ4v) is 4.79. The van der Waals surface area contributed by atoms with Crippen LogP contribution >= 0.6 is 0 Å². The summed E-state index contributed by atoms with van der Waals surface area (Å²) in [6.07, 6.45) is 0.736. The van der Waals surface area contributed by atoms with E-state index in [1.807, 2.05) is 29.2 Å². The minimum Gasteiger partial charge on any atom is -0.368 e. The Morgan fingerprint density at radius 2 is 1.56 bits per heavy atom. The third-order valence-corrected chi connectivity index (χ3v) is 6.63. The number of anilines is 1. The van der Waals surface area contributed by atoms with Gasteiger partial charge in [-0.05, 0) is 53.9 Å². The van der Waals surface area contributed by atoms with Crippen LogP contribution < -0.4 is 15.8 Å². The van der Waals surface area contributed by atoms with Gasteiger partial charge in [-0.25, -0.2) is 10.9 Å². The molecule has 0 bridgehead atoms. The summed E-state index contributed by atoms with van der Waals surface area (Å²) in [6.45, 7) is 4.56. The van der Waals surface area contributed by atoms with Crippen molar-refractivity contribution in [3.05, 3.63) is 77.9 Å². The standard InChI is InChI=1S/C26H28N4O2/c1-18(31)19-9-11-21(12-10-19)29-13-15-30(16-14-29)26(32)25-17-24(27-28-25)23-8-4-6-20-5-2-3-7-22(20)23/h2-12,24-25,27-28H,13-17H2,1H3. The van der Waals surface area contributed by atoms with Gasteiger partial charge in [0.05, 0.1) is 0 Å². The molecule has 164 valence electrons. The highest BCUT2D eigenvalue weighted by atomic mass is 16.2. The maximum atomic E-state index is 13.2. The molecule has 0 aliphatic carbocycles. The minimum absolute atomic E-state index is 0.0754. The molecule has 2 aliphatic heterocycles. The van der Waals surface area contributed by atoms with E-state index in [4.69, 9.17) is 0 Å². The van der Waals surface area contributed by atoms with Crippen molar-refractivity contribution < 1.29 is 9.59 Å². The van der Waals surface area contributed by atoms with Crippen molar-refractivity contribution in [2.24, 2.45) is 0 Å². The summed E-state index contributed by atoms with van der Waals surface area (Å²) in [5, 5.41) is 2.45. The van der Waals surface area contributed by atoms with Gasteiger partial charge in [-0.1, -0.05) is 42.5 Å². The van der Waals surface area contributed by atoms with E-state index >= 15 is 0 Å². The molecule has 0 aromatic heterocycles. The number of rotatable bonds is 4. The molecule has 3 aromatic carbocycles. The Labute approximate surface area is 188 Å². The zero-order valence-corrected chi connectivity index (χ0v) is 18.3. The van der Waals surface area contributed by atoms with E-state index in [9.17, 15) is 9.59 Å². The van der Waals surface area contributed by atoms with E-state index < -0.39 is 0 Å². The second kappa shape index (κ2) is 8.73. The topological polar surface area (TPSA) is 64.7 Å². The molecule has 6 nitrogen and oxygen atoms in total. The number of hydrazine groups is 1. The highest BCUT2D eigenvalue weighted by Gasteiger charge is 2.34. The Morgan fingerprint density at radius 1 is 0.844 bits per heavy atom. The second-order valence-electron chi connectivity index (χ2n) is 8.61. The van der Waals surface area contributed by atoms with E-state index in [2.05, 4.69) is 58.2 Å². The van der Waals surface area contributed by atoms with Crippen molar-refractivity contribution in [3.8, 4) is 0 Å². The number of ketones is 1. The van der Waals surface area contributed by atoms with Gasteiger partial charge < -0.3 is 9.80 Å². The van der Waals surface area contributed by atoms with Crippen molar-refractivity contribution in [3.63, 3.8) is 0 Å². The van der Waals surface area contributed by atoms with Crippen LogP contribution in [0, 0.1) is 0 Å². The first-order valence-electron chi connectivity index (χ1n) is 11.2. The van der Waals surface area contributed by atoms with Crippen molar-refractivity contribution >= 4 is 28.2 Å². The summed E-state index contributed by atoms with van der Waals surface area (Å²) in [7, 11) is 0. The highest BCUT2D eigenvalue weighted by molar-refractivity contribution is 5.94. The van der Waals surface area contributed by atoms with Crippen LogP contribution in [0.15, 0.2) is 66.7 Å². The Bertz CT molecular complexity index is 1130. The van der Waals surface area contributed by atoms with Gasteiger partial charge in [0.25, 0.3) is 0 Å². The predicted molar refractivity (Wildman–Crippen MR) is 127 cm³/mol. The largest absolute Gasteiger partial charge is 0.368 e. The lowest BCUT2D eigenvalue weighted by atomic mass is 9.96. The van der Waals surface area contributed by atoms with Gasteiger partial charge in [-0.15, -0.1) is 0 Å². The van der Waals surface area contributed by atoms with Crippen LogP contribution in [0.25, 0.3) is 10.8 Å². The van der Waals surface area contributed by atoms with E-state index in [0.717, 1.165) is 30.8 Å². The minimum atomic E-state index is -0.222. The van der Waals surface area contributed by atoms with Crippen LogP contribution in [0.5, 0.6) is 0 Å². The number of fused-ring (bicyclic) bond motifs is 1. The normalized spacial score (nSPS) is 21.2. The molecular weight excluding hydrogens is 400 g/mol. The van der Waals surface area contributed by atoms with E-state index in [1.165, 1.54) is 16.3 Å². The zero-order chi connectivity index (χ0) is 22.1. The number of carbonyl (C=O) groups is 2. The lowest BCUT2D eigenvalue weighted by Crippen LogP contribution is -2.53. The molecule has 2 unspecified atom stereocenters. The molecule has 0 radical (unpaired) electrons. The summed E-state index contributed by atoms with van der Waals surface area (Å²) in [5.41, 5.74) is 9.64. The molecule has 2 saturated heterocycles. The van der Waals surface area contributed by atoms with E-state index in [0.29, 0.717) is 13.1 Å². The first-order chi connectivity index (χ1) is 15.6. The van der Waals surface area contributed by atoms with E-state index in [1.54, 1.807) is 6.92 Å². The molecule has 6 heteroatoms. The van der Waals surface area contributed by atoms with Crippen LogP contribution in [-0.2, 0) is 4.79 Å². The van der Waals surface area contributed by atoms with Crippen LogP contribution in [0.2, 0.25) is 0 Å². The third kappa shape index (κ3) is 3.99. The number of nitrogens with one attached hydrogen (secondary N) is 2. The molecule has 1 amide bonds. The lowest BCUT2D eigenvalue weighted by molar-refractivity contribution is -0.133. The number of nitrogens with zero attached hydrogens (tertiary/aromatic N) is 2. The number of piperazine rings is 1. The van der Waals surface area contributed by atoms with E-state index in [-0.39, 0.29) is 23.8 Å². The van der Waals surface area contributed by atoms with Gasteiger partial charge in [0, 0.05) is 43.5 Å². The van der Waals surface area contributed by atoms with Crippen LogP contribution in [0.3, 0.4) is 0 Å². The smallest absolute Gasteiger partial charge is 0.241 e. The fraction of sp³-hybridized carbons (Fsp3) is 0.308. The summed E-state index contributed by atoms with van der Waals surface area (Å²) in [6, 6.07) is 22.3. The quantitative estimate of drug-likeness (QED) is 0.625. The molecule has 2 N–H and O–H groups in total. The lowest BCUT2D eigenvalue weighted by Gasteiger charge is -2.37. The van der Waals surface area contributed by atoms with Crippen LogP contribution in [0.4, 0.5) is 5.69 Å². The molecule has 0 spiro atoms. The van der Waals surface area contributed by atoms with Crippen molar-refractivity contribution in [1.29, 1.82) is 0 Å². The highest BCUT2D eigenvalue weighted by Crippen LogP contribution is 2.29. The molecule has 2 fully saturated rings. The van der Waals surface area contributed by atoms with Crippen LogP contribution in [0.1, 0.15) is 35.3 Å². The Balaban J connectivity index is 1.20. The van der Waals surface area contributed by atoms with Crippen molar-refractivity contribution in [1.82, 2.24) is 15.8 Å². The number of carbonyl (C=O) groups excluding carboxylic acids is 2. The summed E-state index contributed by atoms with van der Waals surface area (Å²) in [5.74, 6) is 0.234. The second-order valence-corrected chi connectivity index (χ2v) is 8.61. The first-order valence-corrected chi connectivity index (χ1v) is 11.2. The SMILES string of the molecule is CC(=O)c1ccc(N2CCN(C(=O)C3CC(c4cccc5ccccc45)NN3)CC2)cc1. The summed E-state index contributed by atoms with van der Waals surface area (Å²) >= 11 is 0. The Kier molecular flexibility index (Phi) is 5.64. The summed E-state index contributed by atoms with van der Waals surface area (Å²) < 4.78 is 0. The first kappa shape index (κ1) is 20.7. The van der Waals surface area contributed by atoms with Gasteiger partial charge in [0.1, 0.15) is 6.04 Å². The maximum Gasteiger partial charge on any atom is 0.241 e. The van der Waals surface area contributed by atoms with Gasteiger partial charge >= 0.3 is 0 Å². The zero-order valence-electron chi connectivity index (χ0n) is 18.3. The monoisotopic (exact) mass is 428 g/mol. The Morgan fingerprint density at radius 3 is 2.31 bits per heavy atom. The third-order valence-electron chi connectivity index (χ3n) is 6.63. The number of hydrogen-bond donors (Lipinski definition) is 2. The number of amides is 1. The maximum absolute atomic E-state index is 13.2. The van der Waals surface area contributed by atoms with Gasteiger partial charge in [-0.3, -0.25) is 9.59 Å². The molecule has 2 heterocycles. The molecule has 0 saturated carbocycles. The molecular formula is C26H28N4O2. The molecule has 2 atom stereocenters. The Hall–Kier alpha value is -3.22. The molecule has 5 rings (SSSR count). The van der Waals surface area contributed by atoms with Crippen molar-refractivity contribution in [2.45, 2.75) is 25.4 Å². The predicted octanol–water partition coefficient (Wildman–Crippen LogP) is 3.30. The number of hydrogen-bond acceptors (Lipinski definition) is 5. The van der Waals surface area contributed by atoms with Crippen molar-refractivity contribution in [2.75, 3.05) is 31.1 Å². The fourth-order valence-electron chi connectivity index (χ4n) is 4.79.